The van der Waals surface area contributed by atoms with E-state index in [1.807, 2.05) is 37.3 Å². The summed E-state index contributed by atoms with van der Waals surface area (Å²) in [7, 11) is 0. The summed E-state index contributed by atoms with van der Waals surface area (Å²) >= 11 is 8.49. The van der Waals surface area contributed by atoms with Crippen molar-refractivity contribution >= 4 is 57.2 Å². The molecular formula is C24H22N2OS3. The molecule has 0 spiro atoms. The predicted octanol–water partition coefficient (Wildman–Crippen LogP) is 6.31. The maximum absolute atomic E-state index is 12.6. The molecule has 152 valence electrons. The number of carbonyl (C=O) groups is 1. The van der Waals surface area contributed by atoms with Crippen molar-refractivity contribution in [3.8, 4) is 0 Å². The van der Waals surface area contributed by atoms with E-state index in [1.54, 1.807) is 16.7 Å². The van der Waals surface area contributed by atoms with E-state index in [0.717, 1.165) is 17.7 Å². The molecule has 6 heteroatoms. The molecule has 0 atom stereocenters. The van der Waals surface area contributed by atoms with E-state index in [-0.39, 0.29) is 5.91 Å². The Balaban J connectivity index is 1.73. The lowest BCUT2D eigenvalue weighted by atomic mass is 10.1. The summed E-state index contributed by atoms with van der Waals surface area (Å²) in [5.74, 6) is -0.0124. The minimum atomic E-state index is -0.0124. The number of anilines is 1. The van der Waals surface area contributed by atoms with Gasteiger partial charge in [-0.3, -0.25) is 9.69 Å². The molecule has 2 heterocycles. The van der Waals surface area contributed by atoms with Gasteiger partial charge in [-0.2, -0.15) is 0 Å². The average Bonchev–Trinajstić information content (AvgIpc) is 3.26. The molecule has 0 N–H and O–H groups in total. The number of para-hydroxylation sites is 1. The number of hydrogen-bond donors (Lipinski definition) is 0. The molecule has 0 bridgehead atoms. The Hall–Kier alpha value is -2.28. The molecule has 0 aliphatic carbocycles. The Kier molecular flexibility index (Phi) is 6.46. The fraction of sp³-hybridized carbons (Fsp3) is 0.167. The van der Waals surface area contributed by atoms with Gasteiger partial charge in [-0.15, -0.1) is 0 Å². The highest BCUT2D eigenvalue weighted by Gasteiger charge is 2.30. The number of thioether (sulfide) groups is 2. The number of thiocarbonyl (C=S) groups is 1. The highest BCUT2D eigenvalue weighted by atomic mass is 32.2. The molecule has 1 saturated heterocycles. The standard InChI is InChI=1S/C24H22N2OS3/c1-3-25-19-12-8-9-13-20(19)29-22(25)16-18(17-10-6-5-7-11-17)14-15-21-23(27)26(4-2)24(28)30-21/h5-16H,3-4H2,1-2H3/b18-14+,21-15+,22-16-. The Bertz CT molecular complexity index is 1070. The van der Waals surface area contributed by atoms with E-state index in [1.165, 1.54) is 27.4 Å². The summed E-state index contributed by atoms with van der Waals surface area (Å²) in [5, 5.41) is 1.18. The summed E-state index contributed by atoms with van der Waals surface area (Å²) < 4.78 is 0.626. The number of amides is 1. The quantitative estimate of drug-likeness (QED) is 0.392. The predicted molar refractivity (Wildman–Crippen MR) is 133 cm³/mol. The van der Waals surface area contributed by atoms with Gasteiger partial charge in [0.05, 0.1) is 15.6 Å². The zero-order chi connectivity index (χ0) is 21.1. The van der Waals surface area contributed by atoms with Gasteiger partial charge in [0.2, 0.25) is 0 Å². The Morgan fingerprint density at radius 3 is 2.37 bits per heavy atom. The van der Waals surface area contributed by atoms with Crippen LogP contribution in [0.5, 0.6) is 0 Å². The third kappa shape index (κ3) is 4.13. The van der Waals surface area contributed by atoms with Crippen molar-refractivity contribution in [3.05, 3.63) is 88.3 Å². The minimum absolute atomic E-state index is 0.0124. The zero-order valence-corrected chi connectivity index (χ0v) is 19.3. The first-order valence-electron chi connectivity index (χ1n) is 9.89. The van der Waals surface area contributed by atoms with E-state index in [9.17, 15) is 4.79 Å². The largest absolute Gasteiger partial charge is 0.335 e. The van der Waals surface area contributed by atoms with Crippen molar-refractivity contribution < 1.29 is 4.79 Å². The lowest BCUT2D eigenvalue weighted by Crippen LogP contribution is -2.27. The number of fused-ring (bicyclic) bond motifs is 1. The number of benzene rings is 2. The van der Waals surface area contributed by atoms with Gasteiger partial charge >= 0.3 is 0 Å². The van der Waals surface area contributed by atoms with Gasteiger partial charge in [0.25, 0.3) is 5.91 Å². The Morgan fingerprint density at radius 1 is 0.967 bits per heavy atom. The Labute approximate surface area is 191 Å². The summed E-state index contributed by atoms with van der Waals surface area (Å²) in [6.07, 6.45) is 6.14. The first kappa shape index (κ1) is 21.0. The fourth-order valence-corrected chi connectivity index (χ4v) is 5.93. The van der Waals surface area contributed by atoms with Crippen LogP contribution in [0, 0.1) is 0 Å². The molecule has 0 unspecified atom stereocenters. The molecule has 0 saturated carbocycles. The third-order valence-corrected chi connectivity index (χ3v) is 7.45. The number of hydrogen-bond acceptors (Lipinski definition) is 5. The number of allylic oxidation sites excluding steroid dienone is 4. The molecule has 0 radical (unpaired) electrons. The number of rotatable bonds is 5. The second-order valence-corrected chi connectivity index (χ2v) is 9.47. The second kappa shape index (κ2) is 9.25. The molecule has 1 fully saturated rings. The van der Waals surface area contributed by atoms with E-state index < -0.39 is 0 Å². The van der Waals surface area contributed by atoms with Crippen molar-refractivity contribution in [2.45, 2.75) is 18.7 Å². The molecular weight excluding hydrogens is 428 g/mol. The Morgan fingerprint density at radius 2 is 1.67 bits per heavy atom. The number of likely N-dealkylation sites (N-methyl/N-ethyl adjacent to an activating group) is 1. The van der Waals surface area contributed by atoms with E-state index >= 15 is 0 Å². The highest BCUT2D eigenvalue weighted by Crippen LogP contribution is 2.46. The van der Waals surface area contributed by atoms with Crippen LogP contribution in [-0.2, 0) is 4.79 Å². The van der Waals surface area contributed by atoms with Crippen LogP contribution in [0.15, 0.2) is 87.7 Å². The monoisotopic (exact) mass is 450 g/mol. The molecule has 30 heavy (non-hydrogen) atoms. The maximum Gasteiger partial charge on any atom is 0.266 e. The van der Waals surface area contributed by atoms with Crippen molar-refractivity contribution in [1.29, 1.82) is 0 Å². The van der Waals surface area contributed by atoms with Gasteiger partial charge in [-0.25, -0.2) is 0 Å². The number of nitrogens with zero attached hydrogens (tertiary/aromatic N) is 2. The summed E-state index contributed by atoms with van der Waals surface area (Å²) in [5.41, 5.74) is 3.42. The third-order valence-electron chi connectivity index (χ3n) is 4.94. The van der Waals surface area contributed by atoms with Crippen LogP contribution in [0.3, 0.4) is 0 Å². The van der Waals surface area contributed by atoms with Crippen molar-refractivity contribution in [1.82, 2.24) is 4.90 Å². The second-order valence-electron chi connectivity index (χ2n) is 6.73. The van der Waals surface area contributed by atoms with Gasteiger partial charge in [0.1, 0.15) is 4.32 Å². The summed E-state index contributed by atoms with van der Waals surface area (Å²) in [4.78, 5) is 18.5. The minimum Gasteiger partial charge on any atom is -0.335 e. The van der Waals surface area contributed by atoms with Crippen LogP contribution in [0.25, 0.3) is 5.57 Å². The molecule has 0 aromatic heterocycles. The summed E-state index contributed by atoms with van der Waals surface area (Å²) in [6, 6.07) is 18.7. The lowest BCUT2D eigenvalue weighted by Gasteiger charge is -2.18. The molecule has 1 amide bonds. The number of carbonyl (C=O) groups excluding carboxylic acids is 1. The van der Waals surface area contributed by atoms with Gasteiger partial charge in [-0.05, 0) is 49.3 Å². The molecule has 4 rings (SSSR count). The van der Waals surface area contributed by atoms with Gasteiger partial charge in [0, 0.05) is 18.0 Å². The molecule has 2 aliphatic rings. The van der Waals surface area contributed by atoms with Gasteiger partial charge in [0.15, 0.2) is 0 Å². The zero-order valence-electron chi connectivity index (χ0n) is 16.9. The van der Waals surface area contributed by atoms with Crippen molar-refractivity contribution in [3.63, 3.8) is 0 Å². The lowest BCUT2D eigenvalue weighted by molar-refractivity contribution is -0.122. The van der Waals surface area contributed by atoms with E-state index in [0.29, 0.717) is 15.8 Å². The van der Waals surface area contributed by atoms with E-state index in [2.05, 4.69) is 54.3 Å². The van der Waals surface area contributed by atoms with Crippen LogP contribution in [0.1, 0.15) is 19.4 Å². The molecule has 2 aliphatic heterocycles. The van der Waals surface area contributed by atoms with Gasteiger partial charge in [-0.1, -0.05) is 84.3 Å². The van der Waals surface area contributed by atoms with Crippen LogP contribution in [-0.4, -0.2) is 28.2 Å². The maximum atomic E-state index is 12.6. The van der Waals surface area contributed by atoms with Crippen LogP contribution < -0.4 is 4.90 Å². The first-order valence-corrected chi connectivity index (χ1v) is 11.9. The van der Waals surface area contributed by atoms with Crippen molar-refractivity contribution in [2.75, 3.05) is 18.0 Å². The van der Waals surface area contributed by atoms with Crippen molar-refractivity contribution in [2.24, 2.45) is 0 Å². The molecule has 2 aromatic carbocycles. The highest BCUT2D eigenvalue weighted by molar-refractivity contribution is 8.26. The van der Waals surface area contributed by atoms with Crippen LogP contribution >= 0.6 is 35.7 Å². The SMILES string of the molecule is CCN1C(=O)\C(=C/C=C(\C=C2/Sc3ccccc3N2CC)c2ccccc2)SC1=S. The normalized spacial score (nSPS) is 19.3. The van der Waals surface area contributed by atoms with Crippen LogP contribution in [0.2, 0.25) is 0 Å². The van der Waals surface area contributed by atoms with E-state index in [4.69, 9.17) is 12.2 Å². The molecule has 2 aromatic rings. The topological polar surface area (TPSA) is 23.6 Å². The smallest absolute Gasteiger partial charge is 0.266 e. The van der Waals surface area contributed by atoms with Crippen LogP contribution in [0.4, 0.5) is 5.69 Å². The summed E-state index contributed by atoms with van der Waals surface area (Å²) in [6.45, 7) is 5.60. The molecule has 3 nitrogen and oxygen atoms in total. The van der Waals surface area contributed by atoms with Gasteiger partial charge < -0.3 is 4.90 Å². The first-order chi connectivity index (χ1) is 14.6. The fourth-order valence-electron chi connectivity index (χ4n) is 3.43. The average molecular weight is 451 g/mol.